The van der Waals surface area contributed by atoms with Crippen LogP contribution in [0.4, 0.5) is 0 Å². The van der Waals surface area contributed by atoms with E-state index in [1.165, 1.54) is 7.11 Å². The lowest BCUT2D eigenvalue weighted by atomic mass is 9.71. The molecule has 6 nitrogen and oxygen atoms in total. The van der Waals surface area contributed by atoms with Crippen LogP contribution in [0, 0.1) is 5.92 Å². The summed E-state index contributed by atoms with van der Waals surface area (Å²) in [6.45, 7) is 0. The highest BCUT2D eigenvalue weighted by atomic mass is 16.5. The maximum Gasteiger partial charge on any atom is 0.170 e. The van der Waals surface area contributed by atoms with Crippen molar-refractivity contribution < 1.29 is 28.8 Å². The van der Waals surface area contributed by atoms with Gasteiger partial charge in [0.15, 0.2) is 17.3 Å². The fourth-order valence-electron chi connectivity index (χ4n) is 4.18. The van der Waals surface area contributed by atoms with Gasteiger partial charge in [-0.05, 0) is 61.1 Å². The van der Waals surface area contributed by atoms with E-state index >= 15 is 0 Å². The number of rotatable bonds is 7. The van der Waals surface area contributed by atoms with Crippen molar-refractivity contribution in [1.29, 1.82) is 0 Å². The van der Waals surface area contributed by atoms with E-state index in [-0.39, 0.29) is 29.5 Å². The summed E-state index contributed by atoms with van der Waals surface area (Å²) in [7, 11) is 6.31. The molecule has 3 atom stereocenters. The van der Waals surface area contributed by atoms with Crippen LogP contribution in [0.25, 0.3) is 0 Å². The maximum absolute atomic E-state index is 13.6. The molecule has 6 heteroatoms. The molecule has 1 saturated carbocycles. The zero-order chi connectivity index (χ0) is 21.0. The molecule has 2 aromatic rings. The predicted molar refractivity (Wildman–Crippen MR) is 109 cm³/mol. The number of phenolic OH excluding ortho intramolecular Hbond substituents is 1. The van der Waals surface area contributed by atoms with Gasteiger partial charge in [0.05, 0.1) is 33.0 Å². The highest BCUT2D eigenvalue weighted by Gasteiger charge is 2.38. The number of hydrogen-bond donors (Lipinski definition) is 1. The van der Waals surface area contributed by atoms with Gasteiger partial charge in [-0.25, -0.2) is 0 Å². The van der Waals surface area contributed by atoms with Crippen molar-refractivity contribution in [2.24, 2.45) is 5.92 Å². The van der Waals surface area contributed by atoms with Crippen LogP contribution in [0.1, 0.15) is 41.1 Å². The molecule has 2 aromatic carbocycles. The van der Waals surface area contributed by atoms with Gasteiger partial charge in [-0.15, -0.1) is 0 Å². The SMILES string of the molecule is COc1ccc(OC)c(C(=O)C2CC(OC)CCC2c2ccc(OC)c(O)c2)c1. The molecule has 29 heavy (non-hydrogen) atoms. The van der Waals surface area contributed by atoms with E-state index in [0.717, 1.165) is 18.4 Å². The number of phenols is 1. The third kappa shape index (κ3) is 4.32. The highest BCUT2D eigenvalue weighted by molar-refractivity contribution is 6.01. The molecule has 1 aliphatic carbocycles. The number of benzene rings is 2. The van der Waals surface area contributed by atoms with E-state index in [2.05, 4.69) is 0 Å². The summed E-state index contributed by atoms with van der Waals surface area (Å²) in [5.41, 5.74) is 1.41. The number of Topliss-reactive ketones (excluding diaryl/α,β-unsaturated/α-hetero) is 1. The lowest BCUT2D eigenvalue weighted by Crippen LogP contribution is -2.33. The summed E-state index contributed by atoms with van der Waals surface area (Å²) in [4.78, 5) is 13.6. The molecular formula is C23H28O6. The zero-order valence-corrected chi connectivity index (χ0v) is 17.3. The minimum absolute atomic E-state index is 0.0113. The number of carbonyl (C=O) groups excluding carboxylic acids is 1. The molecule has 3 rings (SSSR count). The highest BCUT2D eigenvalue weighted by Crippen LogP contribution is 2.43. The van der Waals surface area contributed by atoms with Crippen molar-refractivity contribution in [1.82, 2.24) is 0 Å². The largest absolute Gasteiger partial charge is 0.504 e. The molecule has 0 spiro atoms. The average molecular weight is 400 g/mol. The molecule has 0 aliphatic heterocycles. The first-order valence-corrected chi connectivity index (χ1v) is 9.68. The van der Waals surface area contributed by atoms with E-state index in [1.54, 1.807) is 51.7 Å². The Morgan fingerprint density at radius 1 is 0.931 bits per heavy atom. The molecule has 0 aromatic heterocycles. The van der Waals surface area contributed by atoms with Gasteiger partial charge in [-0.3, -0.25) is 4.79 Å². The lowest BCUT2D eigenvalue weighted by Gasteiger charge is -2.35. The Hall–Kier alpha value is -2.73. The smallest absolute Gasteiger partial charge is 0.170 e. The van der Waals surface area contributed by atoms with Crippen molar-refractivity contribution in [3.05, 3.63) is 47.5 Å². The number of ether oxygens (including phenoxy) is 4. The molecule has 0 heterocycles. The molecule has 0 bridgehead atoms. The number of carbonyl (C=O) groups is 1. The zero-order valence-electron chi connectivity index (χ0n) is 17.3. The number of aromatic hydroxyl groups is 1. The molecule has 0 radical (unpaired) electrons. The summed E-state index contributed by atoms with van der Waals surface area (Å²) < 4.78 is 21.5. The van der Waals surface area contributed by atoms with Crippen LogP contribution in [-0.4, -0.2) is 45.4 Å². The van der Waals surface area contributed by atoms with Crippen molar-refractivity contribution in [3.8, 4) is 23.0 Å². The summed E-state index contributed by atoms with van der Waals surface area (Å²) in [6.07, 6.45) is 2.26. The Labute approximate surface area is 171 Å². The molecule has 1 N–H and O–H groups in total. The quantitative estimate of drug-likeness (QED) is 0.702. The van der Waals surface area contributed by atoms with Crippen LogP contribution in [-0.2, 0) is 4.74 Å². The van der Waals surface area contributed by atoms with Gasteiger partial charge >= 0.3 is 0 Å². The minimum atomic E-state index is -0.303. The van der Waals surface area contributed by atoms with Crippen molar-refractivity contribution in [3.63, 3.8) is 0 Å². The molecule has 0 amide bonds. The van der Waals surface area contributed by atoms with E-state index in [4.69, 9.17) is 18.9 Å². The molecule has 156 valence electrons. The first-order chi connectivity index (χ1) is 14.0. The van der Waals surface area contributed by atoms with Crippen LogP contribution in [0.5, 0.6) is 23.0 Å². The lowest BCUT2D eigenvalue weighted by molar-refractivity contribution is 0.0388. The van der Waals surface area contributed by atoms with Crippen molar-refractivity contribution >= 4 is 5.78 Å². The fraction of sp³-hybridized carbons (Fsp3) is 0.435. The normalized spacial score (nSPS) is 21.4. The fourth-order valence-corrected chi connectivity index (χ4v) is 4.18. The van der Waals surface area contributed by atoms with Crippen LogP contribution >= 0.6 is 0 Å². The number of ketones is 1. The average Bonchev–Trinajstić information content (AvgIpc) is 2.77. The molecule has 1 aliphatic rings. The van der Waals surface area contributed by atoms with Gasteiger partial charge in [-0.1, -0.05) is 6.07 Å². The second-order valence-electron chi connectivity index (χ2n) is 7.25. The number of hydrogen-bond acceptors (Lipinski definition) is 6. The topological polar surface area (TPSA) is 74.2 Å². The van der Waals surface area contributed by atoms with Gasteiger partial charge in [0.2, 0.25) is 0 Å². The Morgan fingerprint density at radius 3 is 2.28 bits per heavy atom. The Morgan fingerprint density at radius 2 is 1.66 bits per heavy atom. The third-order valence-electron chi connectivity index (χ3n) is 5.78. The minimum Gasteiger partial charge on any atom is -0.504 e. The summed E-state index contributed by atoms with van der Waals surface area (Å²) in [5, 5.41) is 10.2. The first kappa shape index (κ1) is 21.0. The van der Waals surface area contributed by atoms with Gasteiger partial charge in [0, 0.05) is 13.0 Å². The van der Waals surface area contributed by atoms with Gasteiger partial charge < -0.3 is 24.1 Å². The van der Waals surface area contributed by atoms with E-state index in [1.807, 2.05) is 6.07 Å². The first-order valence-electron chi connectivity index (χ1n) is 9.68. The summed E-state index contributed by atoms with van der Waals surface area (Å²) in [5.74, 6) is 1.26. The Balaban J connectivity index is 2.00. The van der Waals surface area contributed by atoms with Crippen LogP contribution < -0.4 is 14.2 Å². The monoisotopic (exact) mass is 400 g/mol. The van der Waals surface area contributed by atoms with Gasteiger partial charge in [-0.2, -0.15) is 0 Å². The number of methoxy groups -OCH3 is 4. The Kier molecular flexibility index (Phi) is 6.64. The second kappa shape index (κ2) is 9.18. The van der Waals surface area contributed by atoms with Gasteiger partial charge in [0.1, 0.15) is 11.5 Å². The van der Waals surface area contributed by atoms with E-state index in [0.29, 0.717) is 29.2 Å². The summed E-state index contributed by atoms with van der Waals surface area (Å²) in [6, 6.07) is 10.6. The second-order valence-corrected chi connectivity index (χ2v) is 7.25. The Bertz CT molecular complexity index is 862. The van der Waals surface area contributed by atoms with Crippen LogP contribution in [0.3, 0.4) is 0 Å². The predicted octanol–water partition coefficient (Wildman–Crippen LogP) is 4.20. The standard InChI is InChI=1S/C23H28O6/c1-26-15-6-8-17(14-5-9-22(29-4)20(24)11-14)18(12-15)23(25)19-13-16(27-2)7-10-21(19)28-3/h5,7,9-11,13,15,17-18,24H,6,8,12H2,1-4H3. The molecular weight excluding hydrogens is 372 g/mol. The van der Waals surface area contributed by atoms with Crippen molar-refractivity contribution in [2.45, 2.75) is 31.3 Å². The van der Waals surface area contributed by atoms with Gasteiger partial charge in [0.25, 0.3) is 0 Å². The third-order valence-corrected chi connectivity index (χ3v) is 5.78. The molecule has 3 unspecified atom stereocenters. The van der Waals surface area contributed by atoms with Crippen molar-refractivity contribution in [2.75, 3.05) is 28.4 Å². The van der Waals surface area contributed by atoms with E-state index in [9.17, 15) is 9.90 Å². The van der Waals surface area contributed by atoms with E-state index < -0.39 is 0 Å². The van der Waals surface area contributed by atoms with Crippen LogP contribution in [0.15, 0.2) is 36.4 Å². The van der Waals surface area contributed by atoms with Crippen LogP contribution in [0.2, 0.25) is 0 Å². The molecule has 1 fully saturated rings. The summed E-state index contributed by atoms with van der Waals surface area (Å²) >= 11 is 0. The maximum atomic E-state index is 13.6. The molecule has 0 saturated heterocycles.